The molecule has 1 aliphatic heterocycles. The van der Waals surface area contributed by atoms with Gasteiger partial charge in [-0.05, 0) is 37.5 Å². The van der Waals surface area contributed by atoms with Crippen molar-refractivity contribution in [3.8, 4) is 5.75 Å². The minimum Gasteiger partial charge on any atom is -0.466 e. The first-order chi connectivity index (χ1) is 18.4. The topological polar surface area (TPSA) is 149 Å². The van der Waals surface area contributed by atoms with Gasteiger partial charge in [-0.15, -0.1) is 0 Å². The molecule has 0 amide bonds. The summed E-state index contributed by atoms with van der Waals surface area (Å²) < 4.78 is 38.1. The van der Waals surface area contributed by atoms with Crippen LogP contribution < -0.4 is 10.1 Å². The molecule has 1 fully saturated rings. The molecule has 0 aliphatic carbocycles. The molecule has 1 saturated heterocycles. The Morgan fingerprint density at radius 1 is 1.26 bits per heavy atom. The number of aromatic amines is 1. The number of aromatic nitrogens is 2. The van der Waals surface area contributed by atoms with Gasteiger partial charge in [0.1, 0.15) is 23.6 Å². The molecule has 2 heterocycles. The number of ether oxygens (including phenoxy) is 2. The average Bonchev–Trinajstić information content (AvgIpc) is 3.11. The number of aliphatic hydroxyl groups excluding tert-OH is 1. The van der Waals surface area contributed by atoms with Crippen LogP contribution >= 0.6 is 19.8 Å². The first kappa shape index (κ1) is 29.1. The van der Waals surface area contributed by atoms with Gasteiger partial charge in [-0.25, -0.2) is 4.57 Å². The Hall–Kier alpha value is -2.86. The zero-order valence-corrected chi connectivity index (χ0v) is 23.4. The molecular formula is C26H31N2O9PS. The van der Waals surface area contributed by atoms with Crippen LogP contribution in [0.5, 0.6) is 5.75 Å². The maximum atomic E-state index is 14.1. The Bertz CT molecular complexity index is 1500. The predicted octanol–water partition coefficient (Wildman–Crippen LogP) is 3.56. The van der Waals surface area contributed by atoms with Crippen LogP contribution in [-0.4, -0.2) is 62.9 Å². The van der Waals surface area contributed by atoms with Gasteiger partial charge in [0, 0.05) is 17.6 Å². The first-order valence-corrected chi connectivity index (χ1v) is 14.5. The van der Waals surface area contributed by atoms with Gasteiger partial charge < -0.3 is 24.2 Å². The first-order valence-electron chi connectivity index (χ1n) is 12.4. The van der Waals surface area contributed by atoms with Crippen molar-refractivity contribution >= 4 is 36.6 Å². The number of aliphatic hydroxyl groups is 2. The summed E-state index contributed by atoms with van der Waals surface area (Å²) in [4.78, 5) is 26.4. The Balaban J connectivity index is 1.60. The summed E-state index contributed by atoms with van der Waals surface area (Å²) in [5.74, 6) is -1.09. The number of hydrogen-bond acceptors (Lipinski definition) is 10. The Morgan fingerprint density at radius 2 is 1.97 bits per heavy atom. The van der Waals surface area contributed by atoms with Crippen molar-refractivity contribution in [2.75, 3.05) is 19.4 Å². The van der Waals surface area contributed by atoms with E-state index in [0.717, 1.165) is 5.39 Å². The number of hydrogen-bond donors (Lipinski definition) is 3. The van der Waals surface area contributed by atoms with Gasteiger partial charge >= 0.3 is 13.6 Å². The van der Waals surface area contributed by atoms with Gasteiger partial charge in [0.25, 0.3) is 5.56 Å². The van der Waals surface area contributed by atoms with Crippen molar-refractivity contribution in [2.24, 2.45) is 5.92 Å². The summed E-state index contributed by atoms with van der Waals surface area (Å²) in [5, 5.41) is 23.5. The Kier molecular flexibility index (Phi) is 8.75. The number of carbonyl (C=O) groups excluding carboxylic acids is 1. The van der Waals surface area contributed by atoms with E-state index in [9.17, 15) is 24.4 Å². The number of fused-ring (bicyclic) bond motifs is 1. The molecular weight excluding hydrogens is 547 g/mol. The smallest absolute Gasteiger partial charge is 0.380 e. The number of nitrogens with one attached hydrogen (secondary N) is 1. The second-order valence-electron chi connectivity index (χ2n) is 9.53. The normalized spacial score (nSPS) is 25.2. The van der Waals surface area contributed by atoms with E-state index in [2.05, 4.69) is 4.98 Å². The molecule has 210 valence electrons. The molecule has 3 aromatic rings. The summed E-state index contributed by atoms with van der Waals surface area (Å²) in [6, 6.07) is 13.8. The zero-order chi connectivity index (χ0) is 28.4. The number of esters is 1. The average molecular weight is 579 g/mol. The highest BCUT2D eigenvalue weighted by molar-refractivity contribution is 7.71. The summed E-state index contributed by atoms with van der Waals surface area (Å²) in [6.45, 7) is 4.29. The van der Waals surface area contributed by atoms with Gasteiger partial charge in [0.05, 0.1) is 25.3 Å². The number of H-pyrrole nitrogens is 1. The maximum Gasteiger partial charge on any atom is 0.380 e. The van der Waals surface area contributed by atoms with Crippen LogP contribution in [0.2, 0.25) is 0 Å². The second-order valence-corrected chi connectivity index (χ2v) is 11.9. The highest BCUT2D eigenvalue weighted by Gasteiger charge is 2.53. The van der Waals surface area contributed by atoms with E-state index in [-0.39, 0.29) is 17.5 Å². The molecule has 2 aromatic carbocycles. The molecule has 2 unspecified atom stereocenters. The van der Waals surface area contributed by atoms with Crippen molar-refractivity contribution in [1.82, 2.24) is 9.55 Å². The summed E-state index contributed by atoms with van der Waals surface area (Å²) in [7, 11) is -4.06. The predicted molar refractivity (Wildman–Crippen MR) is 145 cm³/mol. The van der Waals surface area contributed by atoms with Crippen LogP contribution in [0.1, 0.15) is 27.0 Å². The molecule has 0 spiro atoms. The lowest BCUT2D eigenvalue weighted by Gasteiger charge is -2.28. The van der Waals surface area contributed by atoms with Crippen molar-refractivity contribution in [3.63, 3.8) is 0 Å². The lowest BCUT2D eigenvalue weighted by molar-refractivity contribution is -0.146. The van der Waals surface area contributed by atoms with Crippen LogP contribution in [0, 0.1) is 10.7 Å². The number of rotatable bonds is 10. The fourth-order valence-electron chi connectivity index (χ4n) is 4.41. The summed E-state index contributed by atoms with van der Waals surface area (Å²) in [5.41, 5.74) is -2.28. The SMILES string of the molecule is CCOC(=O)[C@H](C)CP(=O)(OC[C@H]1O[C@@H](n2ccc(=O)[nH]c2=S)C(C)(O)[C@H]1O)Oc1cccc2ccccc12. The number of benzene rings is 2. The number of nitrogens with zero attached hydrogens (tertiary/aromatic N) is 1. The van der Waals surface area contributed by atoms with Crippen LogP contribution in [0.15, 0.2) is 59.5 Å². The van der Waals surface area contributed by atoms with E-state index < -0.39 is 55.7 Å². The quantitative estimate of drug-likeness (QED) is 0.185. The summed E-state index contributed by atoms with van der Waals surface area (Å²) in [6.07, 6.45) is -2.78. The van der Waals surface area contributed by atoms with Gasteiger partial charge in [0.2, 0.25) is 0 Å². The molecule has 0 saturated carbocycles. The van der Waals surface area contributed by atoms with E-state index in [1.807, 2.05) is 30.3 Å². The van der Waals surface area contributed by atoms with Gasteiger partial charge in [0.15, 0.2) is 11.0 Å². The fourth-order valence-corrected chi connectivity index (χ4v) is 6.56. The van der Waals surface area contributed by atoms with E-state index in [1.165, 1.54) is 23.8 Å². The lowest BCUT2D eigenvalue weighted by atomic mass is 9.96. The Morgan fingerprint density at radius 3 is 2.69 bits per heavy atom. The van der Waals surface area contributed by atoms with Crippen LogP contribution in [0.25, 0.3) is 10.8 Å². The van der Waals surface area contributed by atoms with Crippen LogP contribution in [0.4, 0.5) is 0 Å². The molecule has 39 heavy (non-hydrogen) atoms. The van der Waals surface area contributed by atoms with Crippen molar-refractivity contribution in [3.05, 3.63) is 69.9 Å². The molecule has 0 bridgehead atoms. The van der Waals surface area contributed by atoms with Gasteiger partial charge in [-0.1, -0.05) is 43.3 Å². The molecule has 11 nitrogen and oxygen atoms in total. The van der Waals surface area contributed by atoms with E-state index in [0.29, 0.717) is 11.1 Å². The molecule has 4 rings (SSSR count). The Labute approximate surface area is 229 Å². The molecule has 1 aromatic heterocycles. The molecule has 3 N–H and O–H groups in total. The van der Waals surface area contributed by atoms with Crippen molar-refractivity contribution in [2.45, 2.75) is 44.8 Å². The molecule has 13 heteroatoms. The van der Waals surface area contributed by atoms with Crippen LogP contribution in [-0.2, 0) is 23.4 Å². The molecule has 6 atom stereocenters. The van der Waals surface area contributed by atoms with Gasteiger partial charge in [-0.2, -0.15) is 0 Å². The monoisotopic (exact) mass is 578 g/mol. The standard InChI is InChI=1S/C26H31N2O9PS/c1-4-34-23(31)16(2)15-38(33,37-19-11-7-9-17-8-5-6-10-18(17)19)35-14-20-22(30)26(3,32)24(36-20)28-13-12-21(29)27-25(28)39/h5-13,16,20,22,24,30,32H,4,14-15H2,1-3H3,(H,27,29,39)/t16-,20-,22+,24-,26?,38?/m1/s1. The minimum atomic E-state index is -4.06. The number of carbonyl (C=O) groups is 1. The second kappa shape index (κ2) is 11.7. The third-order valence-electron chi connectivity index (χ3n) is 6.47. The largest absolute Gasteiger partial charge is 0.466 e. The van der Waals surface area contributed by atoms with Crippen molar-refractivity contribution in [1.29, 1.82) is 0 Å². The lowest BCUT2D eigenvalue weighted by Crippen LogP contribution is -2.44. The highest BCUT2D eigenvalue weighted by atomic mass is 32.1. The van der Waals surface area contributed by atoms with Crippen molar-refractivity contribution < 1.29 is 38.1 Å². The minimum absolute atomic E-state index is 0.0187. The third-order valence-corrected chi connectivity index (χ3v) is 8.79. The van der Waals surface area contributed by atoms with E-state index >= 15 is 0 Å². The highest BCUT2D eigenvalue weighted by Crippen LogP contribution is 2.52. The zero-order valence-electron chi connectivity index (χ0n) is 21.7. The maximum absolute atomic E-state index is 14.1. The third kappa shape index (κ3) is 6.32. The van der Waals surface area contributed by atoms with E-state index in [1.54, 1.807) is 26.0 Å². The van der Waals surface area contributed by atoms with Gasteiger partial charge in [-0.3, -0.25) is 23.7 Å². The summed E-state index contributed by atoms with van der Waals surface area (Å²) >= 11 is 5.18. The van der Waals surface area contributed by atoms with Crippen LogP contribution in [0.3, 0.4) is 0 Å². The van der Waals surface area contributed by atoms with E-state index in [4.69, 9.17) is 30.7 Å². The molecule has 0 radical (unpaired) electrons. The molecule has 1 aliphatic rings. The fraction of sp³-hybridized carbons (Fsp3) is 0.423.